The Hall–Kier alpha value is -4.87. The molecular weight excluding hydrogens is 555 g/mol. The highest BCUT2D eigenvalue weighted by atomic mass is 19.4. The fourth-order valence-corrected chi connectivity index (χ4v) is 4.16. The lowest BCUT2D eigenvalue weighted by Crippen LogP contribution is -2.38. The van der Waals surface area contributed by atoms with E-state index in [9.17, 15) is 27.6 Å². The Labute approximate surface area is 239 Å². The molecule has 1 aromatic heterocycles. The van der Waals surface area contributed by atoms with E-state index in [1.54, 1.807) is 60.9 Å². The van der Waals surface area contributed by atoms with Crippen LogP contribution in [0.15, 0.2) is 77.6 Å². The van der Waals surface area contributed by atoms with E-state index >= 15 is 0 Å². The van der Waals surface area contributed by atoms with Gasteiger partial charge >= 0.3 is 18.2 Å². The first-order chi connectivity index (χ1) is 20.0. The molecule has 0 saturated heterocycles. The summed E-state index contributed by atoms with van der Waals surface area (Å²) in [6.45, 7) is 3.35. The quantitative estimate of drug-likeness (QED) is 0.232. The van der Waals surface area contributed by atoms with Crippen LogP contribution in [-0.4, -0.2) is 46.3 Å². The molecule has 4 rings (SSSR count). The molecule has 0 spiro atoms. The van der Waals surface area contributed by atoms with Crippen molar-refractivity contribution in [2.24, 2.45) is 0 Å². The van der Waals surface area contributed by atoms with Gasteiger partial charge < -0.3 is 14.2 Å². The van der Waals surface area contributed by atoms with E-state index in [0.717, 1.165) is 17.0 Å². The first-order valence-corrected chi connectivity index (χ1v) is 13.0. The van der Waals surface area contributed by atoms with Gasteiger partial charge in [-0.05, 0) is 61.9 Å². The first-order valence-electron chi connectivity index (χ1n) is 13.0. The van der Waals surface area contributed by atoms with Crippen molar-refractivity contribution in [3.63, 3.8) is 0 Å². The molecule has 4 aromatic rings. The third-order valence-electron chi connectivity index (χ3n) is 6.18. The summed E-state index contributed by atoms with van der Waals surface area (Å²) in [5.41, 5.74) is 0.0925. The number of esters is 1. The number of hydrogen-bond acceptors (Lipinski definition) is 7. The Morgan fingerprint density at radius 2 is 1.71 bits per heavy atom. The number of fused-ring (bicyclic) bond motifs is 1. The molecule has 0 fully saturated rings. The van der Waals surface area contributed by atoms with Crippen molar-refractivity contribution in [3.05, 3.63) is 100 Å². The van der Waals surface area contributed by atoms with Gasteiger partial charge in [0.2, 0.25) is 0 Å². The van der Waals surface area contributed by atoms with Crippen LogP contribution in [0.2, 0.25) is 0 Å². The predicted molar refractivity (Wildman–Crippen MR) is 147 cm³/mol. The minimum atomic E-state index is -4.61. The summed E-state index contributed by atoms with van der Waals surface area (Å²) in [6, 6.07) is 17.6. The van der Waals surface area contributed by atoms with Crippen molar-refractivity contribution in [2.45, 2.75) is 33.1 Å². The molecule has 0 unspecified atom stereocenters. The van der Waals surface area contributed by atoms with E-state index in [2.05, 4.69) is 4.98 Å². The fourth-order valence-electron chi connectivity index (χ4n) is 4.16. The van der Waals surface area contributed by atoms with Gasteiger partial charge in [-0.2, -0.15) is 13.2 Å². The van der Waals surface area contributed by atoms with E-state index in [4.69, 9.17) is 14.2 Å². The van der Waals surface area contributed by atoms with Crippen molar-refractivity contribution in [2.75, 3.05) is 19.8 Å². The summed E-state index contributed by atoms with van der Waals surface area (Å²) in [5.74, 6) is 0.0496. The van der Waals surface area contributed by atoms with Crippen molar-refractivity contribution < 1.29 is 37.0 Å². The van der Waals surface area contributed by atoms with Gasteiger partial charge in [0.15, 0.2) is 0 Å². The van der Waals surface area contributed by atoms with Crippen LogP contribution < -0.4 is 15.0 Å². The number of aromatic nitrogens is 2. The minimum Gasteiger partial charge on any atom is -0.492 e. The van der Waals surface area contributed by atoms with Crippen LogP contribution in [-0.2, 0) is 28.8 Å². The zero-order valence-electron chi connectivity index (χ0n) is 22.9. The smallest absolute Gasteiger partial charge is 0.416 e. The van der Waals surface area contributed by atoms with Crippen molar-refractivity contribution in [1.82, 2.24) is 14.5 Å². The zero-order valence-corrected chi connectivity index (χ0v) is 22.9. The standard InChI is InChI=1S/C30H28F3N3O6/c1-3-40-27(37)19-35(29(39)42-24-8-6-7-22(17-24)30(31,32)33)18-21-11-13-23(14-12-21)41-16-15-36-20(2)34-26-10-5-4-9-25(26)28(36)38/h4-14,17H,3,15-16,18-19H2,1-2H3. The number of halogens is 3. The number of amides is 1. The second kappa shape index (κ2) is 13.2. The van der Waals surface area contributed by atoms with Crippen LogP contribution in [0.1, 0.15) is 23.9 Å². The van der Waals surface area contributed by atoms with Gasteiger partial charge in [-0.1, -0.05) is 30.3 Å². The number of alkyl halides is 3. The van der Waals surface area contributed by atoms with Gasteiger partial charge in [-0.15, -0.1) is 0 Å². The number of aryl methyl sites for hydroxylation is 1. The third kappa shape index (κ3) is 7.65. The van der Waals surface area contributed by atoms with Gasteiger partial charge in [-0.3, -0.25) is 19.1 Å². The lowest BCUT2D eigenvalue weighted by molar-refractivity contribution is -0.144. The number of carbonyl (C=O) groups is 2. The third-order valence-corrected chi connectivity index (χ3v) is 6.18. The van der Waals surface area contributed by atoms with Crippen LogP contribution in [0.3, 0.4) is 0 Å². The molecule has 0 N–H and O–H groups in total. The van der Waals surface area contributed by atoms with Crippen molar-refractivity contribution in [3.8, 4) is 11.5 Å². The number of hydrogen-bond donors (Lipinski definition) is 0. The van der Waals surface area contributed by atoms with Gasteiger partial charge in [0, 0.05) is 6.54 Å². The normalized spacial score (nSPS) is 11.3. The van der Waals surface area contributed by atoms with E-state index in [1.807, 2.05) is 6.07 Å². The molecule has 0 aliphatic carbocycles. The number of rotatable bonds is 10. The highest BCUT2D eigenvalue weighted by Gasteiger charge is 2.31. The Morgan fingerprint density at radius 1 is 0.976 bits per heavy atom. The van der Waals surface area contributed by atoms with Crippen LogP contribution in [0.25, 0.3) is 10.9 Å². The monoisotopic (exact) mass is 583 g/mol. The Morgan fingerprint density at radius 3 is 2.43 bits per heavy atom. The summed E-state index contributed by atoms with van der Waals surface area (Å²) in [4.78, 5) is 43.3. The van der Waals surface area contributed by atoms with E-state index in [0.29, 0.717) is 34.1 Å². The van der Waals surface area contributed by atoms with Gasteiger partial charge in [0.1, 0.15) is 30.5 Å². The van der Waals surface area contributed by atoms with Crippen LogP contribution in [0.5, 0.6) is 11.5 Å². The summed E-state index contributed by atoms with van der Waals surface area (Å²) in [7, 11) is 0. The van der Waals surface area contributed by atoms with Gasteiger partial charge in [0.05, 0.1) is 29.6 Å². The van der Waals surface area contributed by atoms with E-state index in [1.165, 1.54) is 6.07 Å². The lowest BCUT2D eigenvalue weighted by Gasteiger charge is -2.21. The SMILES string of the molecule is CCOC(=O)CN(Cc1ccc(OCCn2c(C)nc3ccccc3c2=O)cc1)C(=O)Oc1cccc(C(F)(F)F)c1. The molecule has 42 heavy (non-hydrogen) atoms. The Bertz CT molecular complexity index is 1620. The van der Waals surface area contributed by atoms with Crippen LogP contribution >= 0.6 is 0 Å². The van der Waals surface area contributed by atoms with E-state index in [-0.39, 0.29) is 37.6 Å². The average Bonchev–Trinajstić information content (AvgIpc) is 2.95. The molecule has 0 radical (unpaired) electrons. The molecule has 0 aliphatic rings. The van der Waals surface area contributed by atoms with E-state index < -0.39 is 30.3 Å². The molecule has 12 heteroatoms. The molecule has 0 aliphatic heterocycles. The molecule has 0 bridgehead atoms. The molecule has 9 nitrogen and oxygen atoms in total. The van der Waals surface area contributed by atoms with Gasteiger partial charge in [-0.25, -0.2) is 9.78 Å². The van der Waals surface area contributed by atoms with Crippen LogP contribution in [0.4, 0.5) is 18.0 Å². The summed E-state index contributed by atoms with van der Waals surface area (Å²) < 4.78 is 56.6. The van der Waals surface area contributed by atoms with Crippen molar-refractivity contribution in [1.29, 1.82) is 0 Å². The zero-order chi connectivity index (χ0) is 30.3. The highest BCUT2D eigenvalue weighted by molar-refractivity contribution is 5.79. The summed E-state index contributed by atoms with van der Waals surface area (Å²) in [5, 5.41) is 0.520. The maximum absolute atomic E-state index is 13.1. The largest absolute Gasteiger partial charge is 0.492 e. The molecule has 0 atom stereocenters. The molecular formula is C30H28F3N3O6. The first kappa shape index (κ1) is 30.1. The molecule has 3 aromatic carbocycles. The topological polar surface area (TPSA) is 100.0 Å². The summed E-state index contributed by atoms with van der Waals surface area (Å²) in [6.07, 6.45) is -5.63. The number of para-hydroxylation sites is 1. The Kier molecular flexibility index (Phi) is 9.46. The molecule has 1 heterocycles. The lowest BCUT2D eigenvalue weighted by atomic mass is 10.2. The van der Waals surface area contributed by atoms with Crippen molar-refractivity contribution >= 4 is 23.0 Å². The average molecular weight is 584 g/mol. The molecule has 1 amide bonds. The van der Waals surface area contributed by atoms with Crippen LogP contribution in [0, 0.1) is 6.92 Å². The minimum absolute atomic E-state index is 0.0856. The number of carbonyl (C=O) groups excluding carboxylic acids is 2. The Balaban J connectivity index is 1.41. The molecule has 0 saturated carbocycles. The predicted octanol–water partition coefficient (Wildman–Crippen LogP) is 5.37. The number of nitrogens with zero attached hydrogens (tertiary/aromatic N) is 3. The summed E-state index contributed by atoms with van der Waals surface area (Å²) >= 11 is 0. The number of benzene rings is 3. The second-order valence-corrected chi connectivity index (χ2v) is 9.18. The molecule has 220 valence electrons. The fraction of sp³-hybridized carbons (Fsp3) is 0.267. The maximum atomic E-state index is 13.1. The second-order valence-electron chi connectivity index (χ2n) is 9.18. The number of ether oxygens (including phenoxy) is 3. The van der Waals surface area contributed by atoms with Gasteiger partial charge in [0.25, 0.3) is 5.56 Å². The highest BCUT2D eigenvalue weighted by Crippen LogP contribution is 2.31. The maximum Gasteiger partial charge on any atom is 0.416 e.